The van der Waals surface area contributed by atoms with Gasteiger partial charge < -0.3 is 9.47 Å². The molecule has 166 valence electrons. The average molecular weight is 399 g/mol. The summed E-state index contributed by atoms with van der Waals surface area (Å²) in [5.41, 5.74) is -0.300. The molecule has 0 atom stereocenters. The average Bonchev–Trinajstić information content (AvgIpc) is 2.66. The summed E-state index contributed by atoms with van der Waals surface area (Å²) in [7, 11) is 0. The van der Waals surface area contributed by atoms with Gasteiger partial charge in [0.05, 0.1) is 18.6 Å². The molecule has 0 unspecified atom stereocenters. The van der Waals surface area contributed by atoms with Gasteiger partial charge in [-0.1, -0.05) is 80.1 Å². The number of ether oxygens (including phenoxy) is 2. The van der Waals surface area contributed by atoms with Gasteiger partial charge in [-0.25, -0.2) is 0 Å². The molecule has 0 aliphatic heterocycles. The fraction of sp³-hybridized carbons (Fsp3) is 0.917. The van der Waals surface area contributed by atoms with Crippen LogP contribution in [0.3, 0.4) is 0 Å². The van der Waals surface area contributed by atoms with E-state index >= 15 is 0 Å². The van der Waals surface area contributed by atoms with Gasteiger partial charge in [0, 0.05) is 6.42 Å². The van der Waals surface area contributed by atoms with E-state index < -0.39 is 0 Å². The minimum Gasteiger partial charge on any atom is -0.465 e. The first-order valence-corrected chi connectivity index (χ1v) is 11.6. The number of hydrogen-bond acceptors (Lipinski definition) is 4. The van der Waals surface area contributed by atoms with Crippen molar-refractivity contribution in [1.82, 2.24) is 0 Å². The summed E-state index contributed by atoms with van der Waals surface area (Å²) in [6.45, 7) is 13.5. The Bertz CT molecular complexity index is 411. The second kappa shape index (κ2) is 15.8. The summed E-state index contributed by atoms with van der Waals surface area (Å²) in [6, 6.07) is 0. The summed E-state index contributed by atoms with van der Waals surface area (Å²) in [5.74, 6) is 0.719. The Hall–Kier alpha value is -1.06. The van der Waals surface area contributed by atoms with Crippen molar-refractivity contribution in [3.05, 3.63) is 0 Å². The largest absolute Gasteiger partial charge is 0.465 e. The van der Waals surface area contributed by atoms with Crippen LogP contribution >= 0.6 is 0 Å². The smallest absolute Gasteiger partial charge is 0.312 e. The zero-order valence-corrected chi connectivity index (χ0v) is 19.5. The zero-order chi connectivity index (χ0) is 21.4. The molecule has 0 aromatic heterocycles. The Kier molecular flexibility index (Phi) is 15.2. The number of unbranched alkanes of at least 4 members (excludes halogenated alkanes) is 6. The minimum absolute atomic E-state index is 0.00412. The molecule has 0 rings (SSSR count). The van der Waals surface area contributed by atoms with Crippen molar-refractivity contribution >= 4 is 11.9 Å². The summed E-state index contributed by atoms with van der Waals surface area (Å²) >= 11 is 0. The standard InChI is InChI=1S/C24H46O4/c1-7-24(8-2,23(26)28-19-21(5)6)17-15-13-11-9-10-12-14-16-22(25)27-18-20(3)4/h20-21H,7-19H2,1-6H3. The molecule has 4 nitrogen and oxygen atoms in total. The molecule has 0 amide bonds. The van der Waals surface area contributed by atoms with E-state index in [-0.39, 0.29) is 17.4 Å². The van der Waals surface area contributed by atoms with Gasteiger partial charge in [0.25, 0.3) is 0 Å². The molecule has 0 aliphatic rings. The van der Waals surface area contributed by atoms with Crippen LogP contribution < -0.4 is 0 Å². The SMILES string of the molecule is CCC(CC)(CCCCCCCCCC(=O)OCC(C)C)C(=O)OCC(C)C. The molecule has 0 aromatic carbocycles. The van der Waals surface area contributed by atoms with Crippen LogP contribution in [0.15, 0.2) is 0 Å². The monoisotopic (exact) mass is 398 g/mol. The van der Waals surface area contributed by atoms with Gasteiger partial charge in [-0.15, -0.1) is 0 Å². The number of carbonyl (C=O) groups is 2. The van der Waals surface area contributed by atoms with Gasteiger partial charge in [-0.05, 0) is 37.5 Å². The van der Waals surface area contributed by atoms with Gasteiger partial charge in [0.1, 0.15) is 0 Å². The fourth-order valence-corrected chi connectivity index (χ4v) is 3.34. The van der Waals surface area contributed by atoms with E-state index in [4.69, 9.17) is 9.47 Å². The third-order valence-corrected chi connectivity index (χ3v) is 5.45. The van der Waals surface area contributed by atoms with Crippen LogP contribution in [0.25, 0.3) is 0 Å². The Labute approximate surface area is 174 Å². The molecule has 0 aliphatic carbocycles. The van der Waals surface area contributed by atoms with Gasteiger partial charge >= 0.3 is 11.9 Å². The second-order valence-electron chi connectivity index (χ2n) is 9.03. The first-order chi connectivity index (χ1) is 13.3. The summed E-state index contributed by atoms with van der Waals surface area (Å²) in [5, 5.41) is 0. The number of esters is 2. The third-order valence-electron chi connectivity index (χ3n) is 5.45. The van der Waals surface area contributed by atoms with Crippen LogP contribution in [0.1, 0.15) is 112 Å². The molecule has 0 bridgehead atoms. The summed E-state index contributed by atoms with van der Waals surface area (Å²) in [6.07, 6.45) is 11.0. The van der Waals surface area contributed by atoms with Crippen molar-refractivity contribution in [3.63, 3.8) is 0 Å². The van der Waals surface area contributed by atoms with Gasteiger partial charge in [0.15, 0.2) is 0 Å². The maximum atomic E-state index is 12.5. The van der Waals surface area contributed by atoms with E-state index in [0.29, 0.717) is 31.5 Å². The van der Waals surface area contributed by atoms with Gasteiger partial charge in [-0.3, -0.25) is 9.59 Å². The van der Waals surface area contributed by atoms with Crippen LogP contribution in [0.5, 0.6) is 0 Å². The zero-order valence-electron chi connectivity index (χ0n) is 19.5. The quantitative estimate of drug-likeness (QED) is 0.202. The number of rotatable bonds is 17. The Morgan fingerprint density at radius 2 is 1.18 bits per heavy atom. The maximum Gasteiger partial charge on any atom is 0.312 e. The molecule has 0 radical (unpaired) electrons. The van der Waals surface area contributed by atoms with Crippen molar-refractivity contribution in [3.8, 4) is 0 Å². The first kappa shape index (κ1) is 26.9. The molecular weight excluding hydrogens is 352 g/mol. The number of carbonyl (C=O) groups excluding carboxylic acids is 2. The fourth-order valence-electron chi connectivity index (χ4n) is 3.34. The lowest BCUT2D eigenvalue weighted by Gasteiger charge is -2.29. The van der Waals surface area contributed by atoms with Crippen LogP contribution in [0.2, 0.25) is 0 Å². The topological polar surface area (TPSA) is 52.6 Å². The summed E-state index contributed by atoms with van der Waals surface area (Å²) < 4.78 is 10.7. The van der Waals surface area contributed by atoms with Crippen LogP contribution in [0, 0.1) is 17.3 Å². The molecule has 0 saturated carbocycles. The van der Waals surface area contributed by atoms with Crippen molar-refractivity contribution < 1.29 is 19.1 Å². The Morgan fingerprint density at radius 1 is 0.714 bits per heavy atom. The number of hydrogen-bond donors (Lipinski definition) is 0. The molecule has 0 aromatic rings. The predicted octanol–water partition coefficient (Wildman–Crippen LogP) is 6.70. The van der Waals surface area contributed by atoms with Crippen molar-refractivity contribution in [2.45, 2.75) is 112 Å². The van der Waals surface area contributed by atoms with Crippen molar-refractivity contribution in [2.24, 2.45) is 17.3 Å². The lowest BCUT2D eigenvalue weighted by atomic mass is 9.77. The van der Waals surface area contributed by atoms with E-state index in [1.54, 1.807) is 0 Å². The lowest BCUT2D eigenvalue weighted by molar-refractivity contribution is -0.158. The molecule has 4 heteroatoms. The lowest BCUT2D eigenvalue weighted by Crippen LogP contribution is -2.32. The third kappa shape index (κ3) is 12.4. The highest BCUT2D eigenvalue weighted by molar-refractivity contribution is 5.76. The van der Waals surface area contributed by atoms with Crippen LogP contribution in [-0.4, -0.2) is 25.2 Å². The highest BCUT2D eigenvalue weighted by Crippen LogP contribution is 2.34. The van der Waals surface area contributed by atoms with Crippen molar-refractivity contribution in [2.75, 3.05) is 13.2 Å². The molecule has 0 spiro atoms. The minimum atomic E-state index is -0.300. The maximum absolute atomic E-state index is 12.5. The normalized spacial score (nSPS) is 11.9. The van der Waals surface area contributed by atoms with E-state index in [9.17, 15) is 9.59 Å². The van der Waals surface area contributed by atoms with Crippen LogP contribution in [0.4, 0.5) is 0 Å². The molecule has 0 heterocycles. The van der Waals surface area contributed by atoms with Gasteiger partial charge in [-0.2, -0.15) is 0 Å². The second-order valence-corrected chi connectivity index (χ2v) is 9.03. The van der Waals surface area contributed by atoms with E-state index in [1.165, 1.54) is 19.3 Å². The molecule has 0 fully saturated rings. The van der Waals surface area contributed by atoms with E-state index in [1.807, 2.05) is 13.8 Å². The molecular formula is C24H46O4. The van der Waals surface area contributed by atoms with E-state index in [2.05, 4.69) is 27.7 Å². The predicted molar refractivity (Wildman–Crippen MR) is 116 cm³/mol. The molecule has 0 saturated heterocycles. The van der Waals surface area contributed by atoms with Gasteiger partial charge in [0.2, 0.25) is 0 Å². The highest BCUT2D eigenvalue weighted by Gasteiger charge is 2.35. The Balaban J connectivity index is 3.86. The molecule has 0 N–H and O–H groups in total. The van der Waals surface area contributed by atoms with E-state index in [0.717, 1.165) is 44.9 Å². The van der Waals surface area contributed by atoms with Crippen LogP contribution in [-0.2, 0) is 19.1 Å². The Morgan fingerprint density at radius 3 is 1.68 bits per heavy atom. The highest BCUT2D eigenvalue weighted by atomic mass is 16.5. The summed E-state index contributed by atoms with van der Waals surface area (Å²) in [4.78, 5) is 24.1. The molecule has 28 heavy (non-hydrogen) atoms. The first-order valence-electron chi connectivity index (χ1n) is 11.6. The van der Waals surface area contributed by atoms with Crippen molar-refractivity contribution in [1.29, 1.82) is 0 Å².